The van der Waals surface area contributed by atoms with Gasteiger partial charge in [-0.2, -0.15) is 0 Å². The Morgan fingerprint density at radius 1 is 0.905 bits per heavy atom. The normalized spacial score (nSPS) is 10.6. The van der Waals surface area contributed by atoms with Crippen LogP contribution >= 0.6 is 11.3 Å². The topological polar surface area (TPSA) is 50.7 Å². The maximum absolute atomic E-state index is 4.49. The van der Waals surface area contributed by atoms with Crippen LogP contribution in [0.5, 0.6) is 0 Å². The molecule has 0 fully saturated rings. The molecule has 1 aromatic carbocycles. The molecule has 1 N–H and O–H groups in total. The highest BCUT2D eigenvalue weighted by Crippen LogP contribution is 2.24. The molecule has 2 heterocycles. The van der Waals surface area contributed by atoms with E-state index >= 15 is 0 Å². The standard InChI is InChI=1S/C16H16N4S/c1-10-8-11(2)18-16(17-10)20-14-6-4-13(5-7-14)15-9-21-12(3)19-15/h4-9H,1-3H3,(H,17,18,20). The Kier molecular flexibility index (Phi) is 3.66. The lowest BCUT2D eigenvalue weighted by atomic mass is 10.1. The summed E-state index contributed by atoms with van der Waals surface area (Å²) in [6.45, 7) is 5.95. The summed E-state index contributed by atoms with van der Waals surface area (Å²) in [6, 6.07) is 10.1. The molecule has 0 atom stereocenters. The molecule has 0 saturated heterocycles. The summed E-state index contributed by atoms with van der Waals surface area (Å²) in [5.41, 5.74) is 5.02. The van der Waals surface area contributed by atoms with Gasteiger partial charge >= 0.3 is 0 Å². The molecule has 0 saturated carbocycles. The van der Waals surface area contributed by atoms with Crippen molar-refractivity contribution in [1.82, 2.24) is 15.0 Å². The first-order valence-electron chi connectivity index (χ1n) is 6.72. The molecule has 0 aliphatic rings. The number of hydrogen-bond donors (Lipinski definition) is 1. The lowest BCUT2D eigenvalue weighted by Gasteiger charge is -2.07. The van der Waals surface area contributed by atoms with Crippen molar-refractivity contribution in [1.29, 1.82) is 0 Å². The van der Waals surface area contributed by atoms with Gasteiger partial charge in [0.2, 0.25) is 5.95 Å². The summed E-state index contributed by atoms with van der Waals surface area (Å²) in [4.78, 5) is 13.3. The predicted octanol–water partition coefficient (Wildman–Crippen LogP) is 4.27. The van der Waals surface area contributed by atoms with Crippen LogP contribution in [0.25, 0.3) is 11.3 Å². The first-order valence-corrected chi connectivity index (χ1v) is 7.60. The maximum Gasteiger partial charge on any atom is 0.227 e. The second-order valence-corrected chi connectivity index (χ2v) is 5.99. The molecule has 5 heteroatoms. The number of thiazole rings is 1. The van der Waals surface area contributed by atoms with Crippen molar-refractivity contribution in [2.24, 2.45) is 0 Å². The van der Waals surface area contributed by atoms with Crippen LogP contribution in [0.4, 0.5) is 11.6 Å². The van der Waals surface area contributed by atoms with Gasteiger partial charge in [-0.25, -0.2) is 15.0 Å². The average Bonchev–Trinajstić information content (AvgIpc) is 2.85. The van der Waals surface area contributed by atoms with Gasteiger partial charge in [-0.05, 0) is 39.0 Å². The highest BCUT2D eigenvalue weighted by atomic mass is 32.1. The molecule has 0 radical (unpaired) electrons. The van der Waals surface area contributed by atoms with Gasteiger partial charge in [0.15, 0.2) is 0 Å². The van der Waals surface area contributed by atoms with Crippen LogP contribution in [0.2, 0.25) is 0 Å². The van der Waals surface area contributed by atoms with Gasteiger partial charge in [0, 0.05) is 28.0 Å². The number of nitrogens with zero attached hydrogens (tertiary/aromatic N) is 3. The highest BCUT2D eigenvalue weighted by Gasteiger charge is 2.03. The fraction of sp³-hybridized carbons (Fsp3) is 0.188. The van der Waals surface area contributed by atoms with E-state index in [1.807, 2.05) is 39.0 Å². The minimum atomic E-state index is 0.629. The van der Waals surface area contributed by atoms with Crippen LogP contribution in [0.1, 0.15) is 16.4 Å². The van der Waals surface area contributed by atoms with Gasteiger partial charge in [-0.1, -0.05) is 12.1 Å². The molecule has 21 heavy (non-hydrogen) atoms. The predicted molar refractivity (Wildman–Crippen MR) is 87.1 cm³/mol. The maximum atomic E-state index is 4.49. The summed E-state index contributed by atoms with van der Waals surface area (Å²) in [6.07, 6.45) is 0. The molecular formula is C16H16N4S. The van der Waals surface area contributed by atoms with Crippen LogP contribution in [0, 0.1) is 20.8 Å². The zero-order valence-electron chi connectivity index (χ0n) is 12.2. The molecule has 0 spiro atoms. The lowest BCUT2D eigenvalue weighted by Crippen LogP contribution is -1.99. The zero-order valence-corrected chi connectivity index (χ0v) is 13.0. The largest absolute Gasteiger partial charge is 0.324 e. The van der Waals surface area contributed by atoms with E-state index in [0.29, 0.717) is 5.95 Å². The quantitative estimate of drug-likeness (QED) is 0.784. The molecule has 4 nitrogen and oxygen atoms in total. The van der Waals surface area contributed by atoms with E-state index in [1.54, 1.807) is 11.3 Å². The number of aryl methyl sites for hydroxylation is 3. The van der Waals surface area contributed by atoms with Crippen molar-refractivity contribution in [3.63, 3.8) is 0 Å². The highest BCUT2D eigenvalue weighted by molar-refractivity contribution is 7.09. The minimum Gasteiger partial charge on any atom is -0.324 e. The Hall–Kier alpha value is -2.27. The number of anilines is 2. The fourth-order valence-electron chi connectivity index (χ4n) is 2.13. The molecular weight excluding hydrogens is 280 g/mol. The Morgan fingerprint density at radius 2 is 1.57 bits per heavy atom. The first kappa shape index (κ1) is 13.7. The zero-order chi connectivity index (χ0) is 14.8. The van der Waals surface area contributed by atoms with Gasteiger partial charge < -0.3 is 5.32 Å². The summed E-state index contributed by atoms with van der Waals surface area (Å²) < 4.78 is 0. The average molecular weight is 296 g/mol. The molecule has 2 aromatic heterocycles. The van der Waals surface area contributed by atoms with Gasteiger partial charge in [-0.15, -0.1) is 11.3 Å². The number of hydrogen-bond acceptors (Lipinski definition) is 5. The van der Waals surface area contributed by atoms with Crippen molar-refractivity contribution in [3.05, 3.63) is 52.1 Å². The fourth-order valence-corrected chi connectivity index (χ4v) is 2.75. The summed E-state index contributed by atoms with van der Waals surface area (Å²) >= 11 is 1.66. The summed E-state index contributed by atoms with van der Waals surface area (Å²) in [7, 11) is 0. The van der Waals surface area contributed by atoms with Crippen molar-refractivity contribution in [3.8, 4) is 11.3 Å². The Balaban J connectivity index is 1.81. The third-order valence-electron chi connectivity index (χ3n) is 3.04. The third kappa shape index (κ3) is 3.25. The molecule has 0 unspecified atom stereocenters. The monoisotopic (exact) mass is 296 g/mol. The molecule has 3 rings (SSSR count). The Labute approximate surface area is 127 Å². The minimum absolute atomic E-state index is 0.629. The van der Waals surface area contributed by atoms with E-state index < -0.39 is 0 Å². The van der Waals surface area contributed by atoms with Crippen LogP contribution in [-0.4, -0.2) is 15.0 Å². The number of benzene rings is 1. The van der Waals surface area contributed by atoms with E-state index in [0.717, 1.165) is 33.3 Å². The molecule has 0 bridgehead atoms. The third-order valence-corrected chi connectivity index (χ3v) is 3.81. The SMILES string of the molecule is Cc1cc(C)nc(Nc2ccc(-c3csc(C)n3)cc2)n1. The summed E-state index contributed by atoms with van der Waals surface area (Å²) in [5, 5.41) is 6.38. The second-order valence-electron chi connectivity index (χ2n) is 4.93. The van der Waals surface area contributed by atoms with Crippen LogP contribution in [0.3, 0.4) is 0 Å². The Morgan fingerprint density at radius 3 is 2.14 bits per heavy atom. The van der Waals surface area contributed by atoms with Crippen LogP contribution in [-0.2, 0) is 0 Å². The lowest BCUT2D eigenvalue weighted by molar-refractivity contribution is 1.06. The second kappa shape index (κ2) is 5.61. The number of aromatic nitrogens is 3. The first-order chi connectivity index (χ1) is 10.1. The van der Waals surface area contributed by atoms with E-state index in [2.05, 4.69) is 37.8 Å². The van der Waals surface area contributed by atoms with Gasteiger partial charge in [0.25, 0.3) is 0 Å². The van der Waals surface area contributed by atoms with Gasteiger partial charge in [0.05, 0.1) is 10.7 Å². The van der Waals surface area contributed by atoms with Crippen molar-refractivity contribution in [2.75, 3.05) is 5.32 Å². The Bertz CT molecular complexity index is 742. The number of nitrogens with one attached hydrogen (secondary N) is 1. The van der Waals surface area contributed by atoms with E-state index in [4.69, 9.17) is 0 Å². The summed E-state index contributed by atoms with van der Waals surface area (Å²) in [5.74, 6) is 0.629. The number of rotatable bonds is 3. The van der Waals surface area contributed by atoms with Crippen LogP contribution in [0.15, 0.2) is 35.7 Å². The molecule has 0 aliphatic carbocycles. The van der Waals surface area contributed by atoms with Crippen molar-refractivity contribution in [2.45, 2.75) is 20.8 Å². The molecule has 0 aliphatic heterocycles. The van der Waals surface area contributed by atoms with Gasteiger partial charge in [-0.3, -0.25) is 0 Å². The van der Waals surface area contributed by atoms with E-state index in [1.165, 1.54) is 0 Å². The molecule has 106 valence electrons. The smallest absolute Gasteiger partial charge is 0.227 e. The van der Waals surface area contributed by atoms with E-state index in [-0.39, 0.29) is 0 Å². The van der Waals surface area contributed by atoms with Crippen LogP contribution < -0.4 is 5.32 Å². The molecule has 0 amide bonds. The van der Waals surface area contributed by atoms with Crippen molar-refractivity contribution >= 4 is 23.0 Å². The van der Waals surface area contributed by atoms with Crippen molar-refractivity contribution < 1.29 is 0 Å². The van der Waals surface area contributed by atoms with Gasteiger partial charge in [0.1, 0.15) is 0 Å². The molecule has 3 aromatic rings. The van der Waals surface area contributed by atoms with E-state index in [9.17, 15) is 0 Å².